The molecule has 1 saturated heterocycles. The van der Waals surface area contributed by atoms with Crippen molar-refractivity contribution in [1.82, 2.24) is 10.2 Å². The van der Waals surface area contributed by atoms with Crippen LogP contribution in [0, 0.1) is 12.3 Å². The molecule has 1 spiro atoms. The molecule has 1 aromatic heterocycles. The third-order valence-corrected chi connectivity index (χ3v) is 5.40. The van der Waals surface area contributed by atoms with Gasteiger partial charge in [-0.15, -0.1) is 0 Å². The van der Waals surface area contributed by atoms with E-state index in [0.717, 1.165) is 30.0 Å². The summed E-state index contributed by atoms with van der Waals surface area (Å²) in [7, 11) is 1.96. The first-order chi connectivity index (χ1) is 9.71. The van der Waals surface area contributed by atoms with Crippen LogP contribution in [0.2, 0.25) is 0 Å². The van der Waals surface area contributed by atoms with Gasteiger partial charge in [0.05, 0.1) is 6.54 Å². The Morgan fingerprint density at radius 3 is 2.55 bits per heavy atom. The molecule has 3 rings (SSSR count). The van der Waals surface area contributed by atoms with Gasteiger partial charge in [-0.25, -0.2) is 0 Å². The molecule has 0 radical (unpaired) electrons. The molecule has 1 aromatic rings. The summed E-state index contributed by atoms with van der Waals surface area (Å²) in [6.07, 6.45) is 8.72. The SMILES string of the molecule is CNCc1cc(CN2CCC3(CCCC3)CC2)c(C)o1. The lowest BCUT2D eigenvalue weighted by atomic mass is 9.77. The van der Waals surface area contributed by atoms with Gasteiger partial charge in [-0.1, -0.05) is 12.8 Å². The van der Waals surface area contributed by atoms with Crippen LogP contribution in [0.15, 0.2) is 10.5 Å². The van der Waals surface area contributed by atoms with Crippen LogP contribution in [0.1, 0.15) is 55.6 Å². The number of aryl methyl sites for hydroxylation is 1. The minimum absolute atomic E-state index is 0.721. The fourth-order valence-electron chi connectivity index (χ4n) is 4.06. The first-order valence-electron chi connectivity index (χ1n) is 8.16. The van der Waals surface area contributed by atoms with E-state index in [0.29, 0.717) is 0 Å². The maximum Gasteiger partial charge on any atom is 0.118 e. The number of hydrogen-bond donors (Lipinski definition) is 1. The van der Waals surface area contributed by atoms with Crippen molar-refractivity contribution in [2.24, 2.45) is 5.41 Å². The fourth-order valence-corrected chi connectivity index (χ4v) is 4.06. The van der Waals surface area contributed by atoms with E-state index in [2.05, 4.69) is 23.2 Å². The lowest BCUT2D eigenvalue weighted by Gasteiger charge is -2.39. The maximum absolute atomic E-state index is 5.80. The second-order valence-electron chi connectivity index (χ2n) is 6.81. The molecule has 3 heteroatoms. The van der Waals surface area contributed by atoms with Crippen molar-refractivity contribution < 1.29 is 4.42 Å². The minimum atomic E-state index is 0.721. The first-order valence-corrected chi connectivity index (χ1v) is 8.16. The Bertz CT molecular complexity index is 436. The van der Waals surface area contributed by atoms with Crippen molar-refractivity contribution in [2.75, 3.05) is 20.1 Å². The second-order valence-corrected chi connectivity index (χ2v) is 6.81. The Labute approximate surface area is 122 Å². The minimum Gasteiger partial charge on any atom is -0.465 e. The van der Waals surface area contributed by atoms with Crippen molar-refractivity contribution in [1.29, 1.82) is 0 Å². The Kier molecular flexibility index (Phi) is 4.18. The Morgan fingerprint density at radius 2 is 1.90 bits per heavy atom. The van der Waals surface area contributed by atoms with E-state index in [1.165, 1.54) is 57.2 Å². The molecule has 2 heterocycles. The molecule has 1 saturated carbocycles. The smallest absolute Gasteiger partial charge is 0.118 e. The quantitative estimate of drug-likeness (QED) is 0.913. The van der Waals surface area contributed by atoms with Gasteiger partial charge in [0, 0.05) is 12.1 Å². The number of rotatable bonds is 4. The van der Waals surface area contributed by atoms with Crippen molar-refractivity contribution in [2.45, 2.75) is 58.5 Å². The third kappa shape index (κ3) is 2.94. The van der Waals surface area contributed by atoms with Crippen molar-refractivity contribution in [3.8, 4) is 0 Å². The van der Waals surface area contributed by atoms with Gasteiger partial charge in [0.15, 0.2) is 0 Å². The van der Waals surface area contributed by atoms with Gasteiger partial charge in [-0.2, -0.15) is 0 Å². The number of piperidine rings is 1. The number of furan rings is 1. The third-order valence-electron chi connectivity index (χ3n) is 5.40. The highest BCUT2D eigenvalue weighted by Gasteiger charge is 2.36. The largest absolute Gasteiger partial charge is 0.465 e. The number of nitrogens with zero attached hydrogens (tertiary/aromatic N) is 1. The lowest BCUT2D eigenvalue weighted by molar-refractivity contribution is 0.103. The van der Waals surface area contributed by atoms with E-state index in [-0.39, 0.29) is 0 Å². The second kappa shape index (κ2) is 5.90. The summed E-state index contributed by atoms with van der Waals surface area (Å²) in [5, 5.41) is 3.15. The molecule has 1 aliphatic heterocycles. The van der Waals surface area contributed by atoms with E-state index in [9.17, 15) is 0 Å². The molecule has 1 N–H and O–H groups in total. The summed E-state index contributed by atoms with van der Waals surface area (Å²) in [6.45, 7) is 6.52. The van der Waals surface area contributed by atoms with Crippen molar-refractivity contribution in [3.05, 3.63) is 23.2 Å². The average Bonchev–Trinajstić information content (AvgIpc) is 3.02. The molecular weight excluding hydrogens is 248 g/mol. The van der Waals surface area contributed by atoms with E-state index in [1.54, 1.807) is 0 Å². The molecule has 0 atom stereocenters. The topological polar surface area (TPSA) is 28.4 Å². The van der Waals surface area contributed by atoms with Gasteiger partial charge < -0.3 is 9.73 Å². The van der Waals surface area contributed by atoms with Gasteiger partial charge in [-0.3, -0.25) is 4.90 Å². The van der Waals surface area contributed by atoms with Crippen LogP contribution in [-0.4, -0.2) is 25.0 Å². The molecule has 112 valence electrons. The number of likely N-dealkylation sites (tertiary alicyclic amines) is 1. The summed E-state index contributed by atoms with van der Waals surface area (Å²) in [4.78, 5) is 2.62. The molecule has 2 aliphatic rings. The molecular formula is C17H28N2O. The average molecular weight is 276 g/mol. The highest BCUT2D eigenvalue weighted by molar-refractivity contribution is 5.20. The summed E-state index contributed by atoms with van der Waals surface area (Å²) in [5.41, 5.74) is 2.09. The van der Waals surface area contributed by atoms with Crippen LogP contribution < -0.4 is 5.32 Å². The summed E-state index contributed by atoms with van der Waals surface area (Å²) in [5.74, 6) is 2.15. The molecule has 1 aliphatic carbocycles. The standard InChI is InChI=1S/C17H28N2O/c1-14-15(11-16(20-14)12-18-2)13-19-9-7-17(8-10-19)5-3-4-6-17/h11,18H,3-10,12-13H2,1-2H3. The maximum atomic E-state index is 5.80. The van der Waals surface area contributed by atoms with E-state index < -0.39 is 0 Å². The Balaban J connectivity index is 1.56. The lowest BCUT2D eigenvalue weighted by Crippen LogP contribution is -2.38. The van der Waals surface area contributed by atoms with Crippen LogP contribution in [0.5, 0.6) is 0 Å². The van der Waals surface area contributed by atoms with Gasteiger partial charge in [0.2, 0.25) is 0 Å². The Hall–Kier alpha value is -0.800. The van der Waals surface area contributed by atoms with E-state index in [1.807, 2.05) is 7.05 Å². The zero-order valence-electron chi connectivity index (χ0n) is 13.0. The molecule has 0 amide bonds. The van der Waals surface area contributed by atoms with Crippen LogP contribution in [-0.2, 0) is 13.1 Å². The van der Waals surface area contributed by atoms with Gasteiger partial charge in [-0.05, 0) is 64.2 Å². The van der Waals surface area contributed by atoms with Crippen molar-refractivity contribution >= 4 is 0 Å². The van der Waals surface area contributed by atoms with Gasteiger partial charge in [0.1, 0.15) is 11.5 Å². The van der Waals surface area contributed by atoms with Crippen LogP contribution in [0.25, 0.3) is 0 Å². The molecule has 3 nitrogen and oxygen atoms in total. The zero-order chi connectivity index (χ0) is 14.0. The normalized spacial score (nSPS) is 22.7. The van der Waals surface area contributed by atoms with Crippen LogP contribution in [0.3, 0.4) is 0 Å². The monoisotopic (exact) mass is 276 g/mol. The highest BCUT2D eigenvalue weighted by atomic mass is 16.3. The van der Waals surface area contributed by atoms with Gasteiger partial charge in [0.25, 0.3) is 0 Å². The summed E-state index contributed by atoms with van der Waals surface area (Å²) < 4.78 is 5.80. The zero-order valence-corrected chi connectivity index (χ0v) is 13.0. The molecule has 0 bridgehead atoms. The molecule has 0 unspecified atom stereocenters. The number of nitrogens with one attached hydrogen (secondary N) is 1. The highest BCUT2D eigenvalue weighted by Crippen LogP contribution is 2.46. The summed E-state index contributed by atoms with van der Waals surface area (Å²) >= 11 is 0. The first kappa shape index (κ1) is 14.2. The molecule has 0 aromatic carbocycles. The predicted octanol–water partition coefficient (Wildman–Crippen LogP) is 3.46. The van der Waals surface area contributed by atoms with Gasteiger partial charge >= 0.3 is 0 Å². The van der Waals surface area contributed by atoms with Crippen molar-refractivity contribution in [3.63, 3.8) is 0 Å². The van der Waals surface area contributed by atoms with E-state index in [4.69, 9.17) is 4.42 Å². The Morgan fingerprint density at radius 1 is 1.20 bits per heavy atom. The number of hydrogen-bond acceptors (Lipinski definition) is 3. The van der Waals surface area contributed by atoms with E-state index >= 15 is 0 Å². The molecule has 20 heavy (non-hydrogen) atoms. The fraction of sp³-hybridized carbons (Fsp3) is 0.765. The summed E-state index contributed by atoms with van der Waals surface area (Å²) in [6, 6.07) is 2.23. The van der Waals surface area contributed by atoms with Crippen LogP contribution in [0.4, 0.5) is 0 Å². The predicted molar refractivity (Wildman–Crippen MR) is 81.6 cm³/mol. The molecule has 2 fully saturated rings. The van der Waals surface area contributed by atoms with Crippen LogP contribution >= 0.6 is 0 Å².